The number of nitrogens with one attached hydrogen (secondary N) is 1. The predicted octanol–water partition coefficient (Wildman–Crippen LogP) is 1.49. The van der Waals surface area contributed by atoms with Crippen LogP contribution >= 0.6 is 0 Å². The van der Waals surface area contributed by atoms with E-state index in [9.17, 15) is 0 Å². The SMILES string of the molecule is CCOCCCN1CCCCC1CNC. The van der Waals surface area contributed by atoms with Gasteiger partial charge in [0.15, 0.2) is 0 Å². The Hall–Kier alpha value is -0.120. The van der Waals surface area contributed by atoms with Crippen LogP contribution in [0.4, 0.5) is 0 Å². The summed E-state index contributed by atoms with van der Waals surface area (Å²) in [4.78, 5) is 2.62. The van der Waals surface area contributed by atoms with Crippen LogP contribution in [0.2, 0.25) is 0 Å². The van der Waals surface area contributed by atoms with Crippen molar-refractivity contribution in [2.75, 3.05) is 39.9 Å². The van der Waals surface area contributed by atoms with E-state index in [1.807, 2.05) is 7.05 Å². The van der Waals surface area contributed by atoms with Gasteiger partial charge in [-0.05, 0) is 39.8 Å². The van der Waals surface area contributed by atoms with Crippen LogP contribution in [0.15, 0.2) is 0 Å². The van der Waals surface area contributed by atoms with E-state index < -0.39 is 0 Å². The average Bonchev–Trinajstić information content (AvgIpc) is 2.27. The molecule has 3 nitrogen and oxygen atoms in total. The second kappa shape index (κ2) is 8.08. The number of hydrogen-bond acceptors (Lipinski definition) is 3. The highest BCUT2D eigenvalue weighted by Crippen LogP contribution is 2.16. The zero-order valence-corrected chi connectivity index (χ0v) is 10.3. The minimum Gasteiger partial charge on any atom is -0.382 e. The summed E-state index contributed by atoms with van der Waals surface area (Å²) < 4.78 is 5.38. The number of likely N-dealkylation sites (tertiary alicyclic amines) is 1. The van der Waals surface area contributed by atoms with Crippen LogP contribution in [0.3, 0.4) is 0 Å². The number of likely N-dealkylation sites (N-methyl/N-ethyl adjacent to an activating group) is 1. The van der Waals surface area contributed by atoms with E-state index >= 15 is 0 Å². The Labute approximate surface area is 94.2 Å². The monoisotopic (exact) mass is 214 g/mol. The molecule has 0 spiro atoms. The molecule has 1 rings (SSSR count). The average molecular weight is 214 g/mol. The molecular formula is C12H26N2O. The van der Waals surface area contributed by atoms with Crippen LogP contribution in [0, 0.1) is 0 Å². The molecule has 1 N–H and O–H groups in total. The lowest BCUT2D eigenvalue weighted by Gasteiger charge is -2.35. The first kappa shape index (κ1) is 12.9. The molecule has 0 aromatic rings. The van der Waals surface area contributed by atoms with Crippen LogP contribution in [-0.4, -0.2) is 50.8 Å². The Bertz CT molecular complexity index is 151. The lowest BCUT2D eigenvalue weighted by Crippen LogP contribution is -2.45. The number of ether oxygens (including phenoxy) is 1. The summed E-state index contributed by atoms with van der Waals surface area (Å²) in [7, 11) is 2.05. The zero-order chi connectivity index (χ0) is 10.9. The molecule has 1 fully saturated rings. The van der Waals surface area contributed by atoms with Crippen molar-refractivity contribution in [1.29, 1.82) is 0 Å². The maximum Gasteiger partial charge on any atom is 0.0478 e. The maximum atomic E-state index is 5.38. The molecule has 0 aromatic carbocycles. The van der Waals surface area contributed by atoms with Gasteiger partial charge < -0.3 is 10.1 Å². The molecule has 15 heavy (non-hydrogen) atoms. The third-order valence-electron chi connectivity index (χ3n) is 3.13. The first-order valence-corrected chi connectivity index (χ1v) is 6.35. The molecule has 1 heterocycles. The van der Waals surface area contributed by atoms with Gasteiger partial charge in [-0.2, -0.15) is 0 Å². The fourth-order valence-electron chi connectivity index (χ4n) is 2.34. The predicted molar refractivity (Wildman–Crippen MR) is 64.2 cm³/mol. The van der Waals surface area contributed by atoms with E-state index in [1.165, 1.54) is 38.8 Å². The van der Waals surface area contributed by atoms with Gasteiger partial charge in [-0.25, -0.2) is 0 Å². The molecule has 0 aromatic heterocycles. The molecule has 1 saturated heterocycles. The van der Waals surface area contributed by atoms with Gasteiger partial charge >= 0.3 is 0 Å². The van der Waals surface area contributed by atoms with Crippen molar-refractivity contribution in [2.45, 2.75) is 38.6 Å². The third kappa shape index (κ3) is 4.96. The molecule has 0 saturated carbocycles. The lowest BCUT2D eigenvalue weighted by atomic mass is 10.0. The van der Waals surface area contributed by atoms with Gasteiger partial charge in [0.2, 0.25) is 0 Å². The molecule has 0 radical (unpaired) electrons. The highest BCUT2D eigenvalue weighted by atomic mass is 16.5. The molecule has 1 unspecified atom stereocenters. The van der Waals surface area contributed by atoms with Gasteiger partial charge in [0.05, 0.1) is 0 Å². The van der Waals surface area contributed by atoms with Gasteiger partial charge in [-0.3, -0.25) is 4.90 Å². The normalized spacial score (nSPS) is 23.2. The summed E-state index contributed by atoms with van der Waals surface area (Å²) in [5, 5.41) is 3.30. The van der Waals surface area contributed by atoms with E-state index in [-0.39, 0.29) is 0 Å². The minimum absolute atomic E-state index is 0.755. The molecule has 1 aliphatic heterocycles. The Kier molecular flexibility index (Phi) is 6.98. The Morgan fingerprint density at radius 3 is 3.00 bits per heavy atom. The van der Waals surface area contributed by atoms with Gasteiger partial charge in [0, 0.05) is 32.3 Å². The van der Waals surface area contributed by atoms with Crippen molar-refractivity contribution < 1.29 is 4.74 Å². The second-order valence-electron chi connectivity index (χ2n) is 4.29. The van der Waals surface area contributed by atoms with Gasteiger partial charge in [-0.1, -0.05) is 6.42 Å². The van der Waals surface area contributed by atoms with Crippen molar-refractivity contribution in [3.63, 3.8) is 0 Å². The van der Waals surface area contributed by atoms with Crippen LogP contribution < -0.4 is 5.32 Å². The highest BCUT2D eigenvalue weighted by Gasteiger charge is 2.20. The summed E-state index contributed by atoms with van der Waals surface area (Å²) in [6.07, 6.45) is 5.30. The molecular weight excluding hydrogens is 188 g/mol. The van der Waals surface area contributed by atoms with Crippen LogP contribution in [0.5, 0.6) is 0 Å². The Morgan fingerprint density at radius 2 is 2.27 bits per heavy atom. The number of piperidine rings is 1. The minimum atomic E-state index is 0.755. The zero-order valence-electron chi connectivity index (χ0n) is 10.3. The summed E-state index contributed by atoms with van der Waals surface area (Å²) in [6, 6.07) is 0.755. The first-order valence-electron chi connectivity index (χ1n) is 6.35. The maximum absolute atomic E-state index is 5.38. The van der Waals surface area contributed by atoms with E-state index in [0.717, 1.165) is 25.8 Å². The van der Waals surface area contributed by atoms with Gasteiger partial charge in [-0.15, -0.1) is 0 Å². The molecule has 3 heteroatoms. The Morgan fingerprint density at radius 1 is 1.40 bits per heavy atom. The van der Waals surface area contributed by atoms with Gasteiger partial charge in [0.1, 0.15) is 0 Å². The van der Waals surface area contributed by atoms with Crippen LogP contribution in [-0.2, 0) is 4.74 Å². The van der Waals surface area contributed by atoms with Crippen LogP contribution in [0.25, 0.3) is 0 Å². The summed E-state index contributed by atoms with van der Waals surface area (Å²) in [6.45, 7) is 7.43. The number of rotatable bonds is 7. The van der Waals surface area contributed by atoms with E-state index in [4.69, 9.17) is 4.74 Å². The largest absolute Gasteiger partial charge is 0.382 e. The molecule has 0 bridgehead atoms. The van der Waals surface area contributed by atoms with Crippen molar-refractivity contribution in [3.8, 4) is 0 Å². The first-order chi connectivity index (χ1) is 7.38. The van der Waals surface area contributed by atoms with Crippen molar-refractivity contribution in [3.05, 3.63) is 0 Å². The third-order valence-corrected chi connectivity index (χ3v) is 3.13. The van der Waals surface area contributed by atoms with E-state index in [1.54, 1.807) is 0 Å². The topological polar surface area (TPSA) is 24.5 Å². The second-order valence-corrected chi connectivity index (χ2v) is 4.29. The smallest absolute Gasteiger partial charge is 0.0478 e. The molecule has 0 amide bonds. The molecule has 1 atom stereocenters. The summed E-state index contributed by atoms with van der Waals surface area (Å²) in [5.74, 6) is 0. The van der Waals surface area contributed by atoms with E-state index in [2.05, 4.69) is 17.1 Å². The van der Waals surface area contributed by atoms with Gasteiger partial charge in [0.25, 0.3) is 0 Å². The fourth-order valence-corrected chi connectivity index (χ4v) is 2.34. The lowest BCUT2D eigenvalue weighted by molar-refractivity contribution is 0.105. The van der Waals surface area contributed by atoms with Crippen molar-refractivity contribution >= 4 is 0 Å². The highest BCUT2D eigenvalue weighted by molar-refractivity contribution is 4.78. The quantitative estimate of drug-likeness (QED) is 0.650. The van der Waals surface area contributed by atoms with Crippen LogP contribution in [0.1, 0.15) is 32.6 Å². The molecule has 90 valence electrons. The van der Waals surface area contributed by atoms with E-state index in [0.29, 0.717) is 0 Å². The standard InChI is InChI=1S/C12H26N2O/c1-3-15-10-6-9-14-8-5-4-7-12(14)11-13-2/h12-13H,3-11H2,1-2H3. The number of nitrogens with zero attached hydrogens (tertiary/aromatic N) is 1. The summed E-state index contributed by atoms with van der Waals surface area (Å²) >= 11 is 0. The fraction of sp³-hybridized carbons (Fsp3) is 1.00. The molecule has 1 aliphatic rings. The Balaban J connectivity index is 2.17. The molecule has 0 aliphatic carbocycles. The van der Waals surface area contributed by atoms with Crippen molar-refractivity contribution in [1.82, 2.24) is 10.2 Å². The summed E-state index contributed by atoms with van der Waals surface area (Å²) in [5.41, 5.74) is 0. The number of hydrogen-bond donors (Lipinski definition) is 1. The van der Waals surface area contributed by atoms with Crippen molar-refractivity contribution in [2.24, 2.45) is 0 Å².